The predicted octanol–water partition coefficient (Wildman–Crippen LogP) is 0.797. The summed E-state index contributed by atoms with van der Waals surface area (Å²) in [6.45, 7) is 2.13. The number of anilines is 1. The highest BCUT2D eigenvalue weighted by atomic mass is 16.1. The third-order valence-electron chi connectivity index (χ3n) is 4.08. The summed E-state index contributed by atoms with van der Waals surface area (Å²) in [6, 6.07) is 7.40. The second-order valence-corrected chi connectivity index (χ2v) is 5.35. The summed E-state index contributed by atoms with van der Waals surface area (Å²) in [6.07, 6.45) is 2.56. The van der Waals surface area contributed by atoms with Crippen molar-refractivity contribution in [2.45, 2.75) is 24.9 Å². The van der Waals surface area contributed by atoms with Crippen LogP contribution in [0.25, 0.3) is 11.0 Å². The molecular formula is C13H16N4O. The number of hydrogen-bond acceptors (Lipinski definition) is 3. The van der Waals surface area contributed by atoms with E-state index in [1.54, 1.807) is 0 Å². The highest BCUT2D eigenvalue weighted by Gasteiger charge is 2.32. The number of aromatic nitrogens is 2. The molecule has 3 heterocycles. The van der Waals surface area contributed by atoms with Crippen LogP contribution in [-0.4, -0.2) is 35.1 Å². The van der Waals surface area contributed by atoms with Crippen molar-refractivity contribution in [2.24, 2.45) is 0 Å². The summed E-state index contributed by atoms with van der Waals surface area (Å²) < 4.78 is 0. The van der Waals surface area contributed by atoms with Gasteiger partial charge < -0.3 is 20.2 Å². The molecule has 3 N–H and O–H groups in total. The summed E-state index contributed by atoms with van der Waals surface area (Å²) in [5, 5.41) is 3.63. The lowest BCUT2D eigenvalue weighted by atomic mass is 10.2. The minimum atomic E-state index is -0.137. The smallest absolute Gasteiger partial charge is 0.323 e. The average molecular weight is 244 g/mol. The lowest BCUT2D eigenvalue weighted by Crippen LogP contribution is -2.51. The van der Waals surface area contributed by atoms with E-state index in [0.717, 1.165) is 24.1 Å². The number of hydrogen-bond donors (Lipinski definition) is 3. The quantitative estimate of drug-likeness (QED) is 0.695. The maximum absolute atomic E-state index is 11.3. The molecule has 0 aliphatic carbocycles. The molecule has 1 aromatic carbocycles. The number of H-pyrrole nitrogens is 2. The van der Waals surface area contributed by atoms with E-state index >= 15 is 0 Å². The minimum absolute atomic E-state index is 0.137. The predicted molar refractivity (Wildman–Crippen MR) is 71.1 cm³/mol. The second-order valence-electron chi connectivity index (χ2n) is 5.35. The summed E-state index contributed by atoms with van der Waals surface area (Å²) >= 11 is 0. The molecule has 4 rings (SSSR count). The zero-order chi connectivity index (χ0) is 12.1. The number of benzene rings is 1. The van der Waals surface area contributed by atoms with E-state index in [1.807, 2.05) is 6.07 Å². The fourth-order valence-electron chi connectivity index (χ4n) is 3.22. The zero-order valence-electron chi connectivity index (χ0n) is 10.1. The van der Waals surface area contributed by atoms with Gasteiger partial charge in [0.25, 0.3) is 0 Å². The fourth-order valence-corrected chi connectivity index (χ4v) is 3.22. The van der Waals surface area contributed by atoms with Gasteiger partial charge in [0.05, 0.1) is 11.0 Å². The molecule has 0 saturated carbocycles. The van der Waals surface area contributed by atoms with Crippen molar-refractivity contribution in [3.8, 4) is 0 Å². The molecule has 0 amide bonds. The Bertz CT molecular complexity index is 632. The maximum Gasteiger partial charge on any atom is 0.323 e. The van der Waals surface area contributed by atoms with Gasteiger partial charge in [-0.15, -0.1) is 0 Å². The fraction of sp³-hybridized carbons (Fsp3) is 0.462. The van der Waals surface area contributed by atoms with Crippen LogP contribution in [0.5, 0.6) is 0 Å². The first-order valence-electron chi connectivity index (χ1n) is 6.51. The Hall–Kier alpha value is -1.75. The minimum Gasteiger partial charge on any atom is -0.368 e. The first kappa shape index (κ1) is 10.2. The first-order valence-corrected chi connectivity index (χ1v) is 6.51. The van der Waals surface area contributed by atoms with Gasteiger partial charge in [-0.25, -0.2) is 4.79 Å². The summed E-state index contributed by atoms with van der Waals surface area (Å²) in [7, 11) is 0. The van der Waals surface area contributed by atoms with E-state index in [9.17, 15) is 4.79 Å². The number of nitrogens with one attached hydrogen (secondary N) is 3. The zero-order valence-corrected chi connectivity index (χ0v) is 10.1. The Morgan fingerprint density at radius 1 is 1.06 bits per heavy atom. The van der Waals surface area contributed by atoms with Gasteiger partial charge in [-0.05, 0) is 31.0 Å². The summed E-state index contributed by atoms with van der Waals surface area (Å²) in [5.74, 6) is 0. The highest BCUT2D eigenvalue weighted by molar-refractivity contribution is 5.79. The Kier molecular flexibility index (Phi) is 2.05. The van der Waals surface area contributed by atoms with Gasteiger partial charge in [0.15, 0.2) is 0 Å². The monoisotopic (exact) mass is 244 g/mol. The van der Waals surface area contributed by atoms with Crippen molar-refractivity contribution < 1.29 is 0 Å². The molecule has 2 fully saturated rings. The summed E-state index contributed by atoms with van der Waals surface area (Å²) in [4.78, 5) is 19.3. The van der Waals surface area contributed by atoms with E-state index in [2.05, 4.69) is 32.3 Å². The van der Waals surface area contributed by atoms with Crippen molar-refractivity contribution in [3.63, 3.8) is 0 Å². The molecule has 2 aliphatic rings. The molecule has 5 nitrogen and oxygen atoms in total. The first-order chi connectivity index (χ1) is 8.78. The highest BCUT2D eigenvalue weighted by Crippen LogP contribution is 2.26. The van der Waals surface area contributed by atoms with Crippen LogP contribution < -0.4 is 15.9 Å². The normalized spacial score (nSPS) is 27.0. The van der Waals surface area contributed by atoms with Gasteiger partial charge in [0, 0.05) is 30.9 Å². The van der Waals surface area contributed by atoms with Gasteiger partial charge in [-0.1, -0.05) is 0 Å². The molecule has 2 atom stereocenters. The number of nitrogens with zero attached hydrogens (tertiary/aromatic N) is 1. The van der Waals surface area contributed by atoms with Crippen LogP contribution in [0.2, 0.25) is 0 Å². The van der Waals surface area contributed by atoms with Crippen molar-refractivity contribution in [1.29, 1.82) is 0 Å². The molecule has 94 valence electrons. The molecule has 1 aromatic heterocycles. The molecular weight excluding hydrogens is 228 g/mol. The van der Waals surface area contributed by atoms with E-state index in [-0.39, 0.29) is 5.69 Å². The molecule has 0 radical (unpaired) electrons. The van der Waals surface area contributed by atoms with Crippen LogP contribution in [0.4, 0.5) is 5.69 Å². The molecule has 18 heavy (non-hydrogen) atoms. The Morgan fingerprint density at radius 3 is 2.56 bits per heavy atom. The molecule has 2 aliphatic heterocycles. The van der Waals surface area contributed by atoms with Crippen molar-refractivity contribution in [1.82, 2.24) is 15.3 Å². The second kappa shape index (κ2) is 3.62. The van der Waals surface area contributed by atoms with Crippen LogP contribution in [0.3, 0.4) is 0 Å². The van der Waals surface area contributed by atoms with Crippen molar-refractivity contribution >= 4 is 16.7 Å². The topological polar surface area (TPSA) is 63.9 Å². The number of rotatable bonds is 1. The van der Waals surface area contributed by atoms with Crippen molar-refractivity contribution in [3.05, 3.63) is 28.7 Å². The number of fused-ring (bicyclic) bond motifs is 3. The lowest BCUT2D eigenvalue weighted by molar-refractivity contribution is 0.466. The van der Waals surface area contributed by atoms with E-state index in [0.29, 0.717) is 12.1 Å². The van der Waals surface area contributed by atoms with Crippen LogP contribution in [-0.2, 0) is 0 Å². The van der Waals surface area contributed by atoms with Crippen LogP contribution in [0, 0.1) is 0 Å². The van der Waals surface area contributed by atoms with E-state index < -0.39 is 0 Å². The lowest BCUT2D eigenvalue weighted by Gasteiger charge is -2.34. The Labute approximate surface area is 104 Å². The number of piperazine rings is 1. The van der Waals surface area contributed by atoms with Crippen LogP contribution in [0.15, 0.2) is 23.0 Å². The van der Waals surface area contributed by atoms with Gasteiger partial charge in [0.1, 0.15) is 0 Å². The van der Waals surface area contributed by atoms with Gasteiger partial charge in [-0.2, -0.15) is 0 Å². The SMILES string of the molecule is O=c1[nH]c2ccc(N3C[C@H]4CC[C@@H](C3)N4)cc2[nH]1. The number of imidazole rings is 1. The van der Waals surface area contributed by atoms with E-state index in [1.165, 1.54) is 18.5 Å². The molecule has 2 aromatic rings. The van der Waals surface area contributed by atoms with Crippen molar-refractivity contribution in [2.75, 3.05) is 18.0 Å². The third-order valence-corrected chi connectivity index (χ3v) is 4.08. The molecule has 2 saturated heterocycles. The molecule has 0 spiro atoms. The maximum atomic E-state index is 11.3. The van der Waals surface area contributed by atoms with Crippen LogP contribution >= 0.6 is 0 Å². The summed E-state index contributed by atoms with van der Waals surface area (Å²) in [5.41, 5.74) is 2.84. The van der Waals surface area contributed by atoms with Gasteiger partial charge >= 0.3 is 5.69 Å². The van der Waals surface area contributed by atoms with Gasteiger partial charge in [0.2, 0.25) is 0 Å². The standard InChI is InChI=1S/C13H16N4O/c18-13-15-11-4-3-10(5-12(11)16-13)17-6-8-1-2-9(7-17)14-8/h3-5,8-9,14H,1-2,6-7H2,(H2,15,16,18)/t8-,9+. The van der Waals surface area contributed by atoms with Crippen LogP contribution in [0.1, 0.15) is 12.8 Å². The Morgan fingerprint density at radius 2 is 1.78 bits per heavy atom. The molecule has 0 unspecified atom stereocenters. The van der Waals surface area contributed by atoms with E-state index in [4.69, 9.17) is 0 Å². The Balaban J connectivity index is 1.71. The molecule has 2 bridgehead atoms. The largest absolute Gasteiger partial charge is 0.368 e. The third kappa shape index (κ3) is 1.54. The number of aromatic amines is 2. The molecule has 5 heteroatoms. The average Bonchev–Trinajstić information content (AvgIpc) is 2.89. The van der Waals surface area contributed by atoms with Gasteiger partial charge in [-0.3, -0.25) is 0 Å².